The summed E-state index contributed by atoms with van der Waals surface area (Å²) in [6, 6.07) is 0.517. The van der Waals surface area contributed by atoms with E-state index in [-0.39, 0.29) is 0 Å². The quantitative estimate of drug-likeness (QED) is 0.863. The minimum atomic E-state index is 0.364. The van der Waals surface area contributed by atoms with E-state index in [1.54, 1.807) is 0 Å². The van der Waals surface area contributed by atoms with Crippen LogP contribution in [0.5, 0.6) is 0 Å². The maximum absolute atomic E-state index is 5.50. The van der Waals surface area contributed by atoms with Gasteiger partial charge in [-0.25, -0.2) is 0 Å². The number of H-pyrrole nitrogens is 1. The lowest BCUT2D eigenvalue weighted by Crippen LogP contribution is -2.04. The predicted molar refractivity (Wildman–Crippen MR) is 75.3 cm³/mol. The Kier molecular flexibility index (Phi) is 2.46. The molecule has 2 aromatic heterocycles. The summed E-state index contributed by atoms with van der Waals surface area (Å²) in [6.07, 6.45) is 3.30. The smallest absolute Gasteiger partial charge is 0.179 e. The van der Waals surface area contributed by atoms with Crippen LogP contribution in [0.25, 0.3) is 11.2 Å². The molecule has 18 heavy (non-hydrogen) atoms. The first-order valence-electron chi connectivity index (χ1n) is 6.62. The van der Waals surface area contributed by atoms with Crippen molar-refractivity contribution in [2.45, 2.75) is 46.1 Å². The van der Waals surface area contributed by atoms with Gasteiger partial charge in [-0.05, 0) is 30.5 Å². The number of hydrogen-bond acceptors (Lipinski definition) is 2. The van der Waals surface area contributed by atoms with Crippen molar-refractivity contribution in [2.24, 2.45) is 12.5 Å². The maximum atomic E-state index is 5.50. The van der Waals surface area contributed by atoms with Crippen LogP contribution in [-0.4, -0.2) is 19.3 Å². The minimum Gasteiger partial charge on any atom is -0.328 e. The van der Waals surface area contributed by atoms with Crippen molar-refractivity contribution in [1.82, 2.24) is 19.3 Å². The third-order valence-electron chi connectivity index (χ3n) is 4.03. The maximum Gasteiger partial charge on any atom is 0.179 e. The predicted octanol–water partition coefficient (Wildman–Crippen LogP) is 3.36. The summed E-state index contributed by atoms with van der Waals surface area (Å²) in [6.45, 7) is 6.76. The van der Waals surface area contributed by atoms with Gasteiger partial charge in [-0.15, -0.1) is 0 Å². The van der Waals surface area contributed by atoms with Gasteiger partial charge in [-0.2, -0.15) is 5.10 Å². The van der Waals surface area contributed by atoms with Gasteiger partial charge in [0.1, 0.15) is 5.52 Å². The van der Waals surface area contributed by atoms with Crippen molar-refractivity contribution in [3.05, 3.63) is 10.5 Å². The second-order valence-electron chi connectivity index (χ2n) is 6.03. The van der Waals surface area contributed by atoms with Crippen molar-refractivity contribution in [3.8, 4) is 0 Å². The monoisotopic (exact) mass is 264 g/mol. The van der Waals surface area contributed by atoms with Crippen LogP contribution in [0.15, 0.2) is 0 Å². The van der Waals surface area contributed by atoms with Gasteiger partial charge in [-0.3, -0.25) is 9.25 Å². The van der Waals surface area contributed by atoms with Crippen molar-refractivity contribution >= 4 is 23.4 Å². The van der Waals surface area contributed by atoms with Crippen LogP contribution in [0.4, 0.5) is 0 Å². The van der Waals surface area contributed by atoms with Gasteiger partial charge in [0.15, 0.2) is 10.4 Å². The molecule has 1 unspecified atom stereocenters. The second kappa shape index (κ2) is 3.70. The molecule has 1 N–H and O–H groups in total. The highest BCUT2D eigenvalue weighted by molar-refractivity contribution is 7.71. The Bertz CT molecular complexity index is 658. The van der Waals surface area contributed by atoms with Crippen molar-refractivity contribution in [3.63, 3.8) is 0 Å². The molecule has 1 aliphatic rings. The Morgan fingerprint density at radius 1 is 1.50 bits per heavy atom. The van der Waals surface area contributed by atoms with E-state index in [9.17, 15) is 0 Å². The van der Waals surface area contributed by atoms with Crippen LogP contribution in [0.3, 0.4) is 0 Å². The third kappa shape index (κ3) is 1.56. The zero-order valence-electron chi connectivity index (χ0n) is 11.4. The molecule has 0 saturated heterocycles. The molecule has 98 valence electrons. The zero-order valence-corrected chi connectivity index (χ0v) is 12.3. The number of aryl methyl sites for hydroxylation is 2. The molecule has 0 aromatic carbocycles. The molecule has 0 amide bonds. The fourth-order valence-electron chi connectivity index (χ4n) is 2.82. The molecule has 0 radical (unpaired) electrons. The average Bonchev–Trinajstić information content (AvgIpc) is 2.64. The minimum absolute atomic E-state index is 0.364. The summed E-state index contributed by atoms with van der Waals surface area (Å²) >= 11 is 5.50. The lowest BCUT2D eigenvalue weighted by Gasteiger charge is -2.06. The Labute approximate surface area is 112 Å². The Morgan fingerprint density at radius 3 is 2.72 bits per heavy atom. The highest BCUT2D eigenvalue weighted by atomic mass is 32.1. The first kappa shape index (κ1) is 12.0. The molecule has 0 bridgehead atoms. The number of aromatic nitrogens is 4. The summed E-state index contributed by atoms with van der Waals surface area (Å²) in [5, 5.41) is 4.62. The molecule has 1 atom stereocenters. The van der Waals surface area contributed by atoms with Crippen LogP contribution in [0, 0.1) is 10.2 Å². The van der Waals surface area contributed by atoms with Crippen LogP contribution < -0.4 is 0 Å². The van der Waals surface area contributed by atoms with E-state index >= 15 is 0 Å². The Hall–Kier alpha value is -1.10. The highest BCUT2D eigenvalue weighted by Gasteiger charge is 2.48. The summed E-state index contributed by atoms with van der Waals surface area (Å²) < 4.78 is 5.07. The normalized spacial score (nSPS) is 21.7. The van der Waals surface area contributed by atoms with Gasteiger partial charge in [-0.1, -0.05) is 27.2 Å². The molecule has 1 saturated carbocycles. The second-order valence-corrected chi connectivity index (χ2v) is 6.41. The molecule has 5 heteroatoms. The van der Waals surface area contributed by atoms with Crippen molar-refractivity contribution < 1.29 is 0 Å². The lowest BCUT2D eigenvalue weighted by molar-refractivity contribution is 0.537. The van der Waals surface area contributed by atoms with E-state index in [1.807, 2.05) is 11.7 Å². The largest absolute Gasteiger partial charge is 0.328 e. The number of rotatable bonds is 3. The van der Waals surface area contributed by atoms with E-state index in [1.165, 1.54) is 6.42 Å². The van der Waals surface area contributed by atoms with E-state index in [0.29, 0.717) is 11.5 Å². The van der Waals surface area contributed by atoms with Gasteiger partial charge in [0.05, 0.1) is 5.69 Å². The number of nitrogens with zero attached hydrogens (tertiary/aromatic N) is 3. The Balaban J connectivity index is 2.21. The van der Waals surface area contributed by atoms with Gasteiger partial charge >= 0.3 is 0 Å². The molecule has 1 fully saturated rings. The van der Waals surface area contributed by atoms with Gasteiger partial charge in [0, 0.05) is 13.1 Å². The van der Waals surface area contributed by atoms with Crippen LogP contribution in [-0.2, 0) is 13.5 Å². The lowest BCUT2D eigenvalue weighted by atomic mass is 10.2. The fourth-order valence-corrected chi connectivity index (χ4v) is 3.13. The summed E-state index contributed by atoms with van der Waals surface area (Å²) in [5.41, 5.74) is 3.78. The standard InChI is InChI=1S/C13H20N4S/c1-5-6-8-10-11(16(4)15-8)17(12(18)14-10)9-7-13(9,2)3/h9H,5-7H2,1-4H3,(H,14,18). The molecular weight excluding hydrogens is 244 g/mol. The van der Waals surface area contributed by atoms with Crippen molar-refractivity contribution in [1.29, 1.82) is 0 Å². The summed E-state index contributed by atoms with van der Waals surface area (Å²) in [4.78, 5) is 3.35. The molecular formula is C13H20N4S. The molecule has 2 heterocycles. The fraction of sp³-hybridized carbons (Fsp3) is 0.692. The zero-order chi connectivity index (χ0) is 13.1. The molecule has 0 spiro atoms. The van der Waals surface area contributed by atoms with Crippen molar-refractivity contribution in [2.75, 3.05) is 0 Å². The topological polar surface area (TPSA) is 38.5 Å². The van der Waals surface area contributed by atoms with Crippen LogP contribution >= 0.6 is 12.2 Å². The summed E-state index contributed by atoms with van der Waals surface area (Å²) in [5.74, 6) is 0. The summed E-state index contributed by atoms with van der Waals surface area (Å²) in [7, 11) is 2.01. The van der Waals surface area contributed by atoms with Crippen LogP contribution in [0.1, 0.15) is 45.3 Å². The van der Waals surface area contributed by atoms with E-state index in [0.717, 1.165) is 34.5 Å². The number of nitrogens with one attached hydrogen (secondary N) is 1. The molecule has 3 rings (SSSR count). The van der Waals surface area contributed by atoms with E-state index in [4.69, 9.17) is 12.2 Å². The molecule has 0 aliphatic heterocycles. The number of aromatic amines is 1. The SMILES string of the molecule is CCCc1nn(C)c2c1[nH]c(=S)n2C1CC1(C)C. The van der Waals surface area contributed by atoms with Gasteiger partial charge in [0.25, 0.3) is 0 Å². The highest BCUT2D eigenvalue weighted by Crippen LogP contribution is 2.56. The van der Waals surface area contributed by atoms with Gasteiger partial charge < -0.3 is 4.98 Å². The van der Waals surface area contributed by atoms with E-state index in [2.05, 4.69) is 35.4 Å². The molecule has 2 aromatic rings. The average molecular weight is 264 g/mol. The molecule has 4 nitrogen and oxygen atoms in total. The van der Waals surface area contributed by atoms with Crippen LogP contribution in [0.2, 0.25) is 0 Å². The van der Waals surface area contributed by atoms with Gasteiger partial charge in [0.2, 0.25) is 0 Å². The molecule has 1 aliphatic carbocycles. The first-order chi connectivity index (χ1) is 8.45. The third-order valence-corrected chi connectivity index (χ3v) is 4.33. The van der Waals surface area contributed by atoms with E-state index < -0.39 is 0 Å². The number of imidazole rings is 1. The number of hydrogen-bond donors (Lipinski definition) is 1. The number of fused-ring (bicyclic) bond motifs is 1. The first-order valence-corrected chi connectivity index (χ1v) is 7.02. The Morgan fingerprint density at radius 2 is 2.17 bits per heavy atom.